The summed E-state index contributed by atoms with van der Waals surface area (Å²) >= 11 is 0. The van der Waals surface area contributed by atoms with Gasteiger partial charge in [0.25, 0.3) is 5.91 Å². The molecule has 2 N–H and O–H groups in total. The van der Waals surface area contributed by atoms with E-state index in [2.05, 4.69) is 10.6 Å². The Morgan fingerprint density at radius 2 is 1.73 bits per heavy atom. The van der Waals surface area contributed by atoms with Gasteiger partial charge in [-0.3, -0.25) is 9.59 Å². The van der Waals surface area contributed by atoms with Crippen molar-refractivity contribution in [3.05, 3.63) is 29.8 Å². The predicted octanol–water partition coefficient (Wildman–Crippen LogP) is 3.17. The van der Waals surface area contributed by atoms with E-state index >= 15 is 0 Å². The van der Waals surface area contributed by atoms with Crippen LogP contribution in [0.4, 0.5) is 5.69 Å². The molecule has 2 atom stereocenters. The number of para-hydroxylation sites is 1. The highest BCUT2D eigenvalue weighted by molar-refractivity contribution is 6.03. The van der Waals surface area contributed by atoms with Gasteiger partial charge in [0.2, 0.25) is 5.91 Å². The van der Waals surface area contributed by atoms with Crippen molar-refractivity contribution in [1.29, 1.82) is 0 Å². The first-order chi connectivity index (χ1) is 12.7. The number of nitrogens with zero attached hydrogens (tertiary/aromatic N) is 1. The van der Waals surface area contributed by atoms with Crippen LogP contribution >= 0.6 is 0 Å². The third-order valence-corrected chi connectivity index (χ3v) is 6.12. The van der Waals surface area contributed by atoms with E-state index in [1.165, 1.54) is 19.3 Å². The maximum atomic E-state index is 12.9. The summed E-state index contributed by atoms with van der Waals surface area (Å²) in [6.07, 6.45) is 8.57. The molecule has 1 aromatic rings. The van der Waals surface area contributed by atoms with Crippen molar-refractivity contribution in [3.8, 4) is 0 Å². The van der Waals surface area contributed by atoms with Crippen molar-refractivity contribution in [1.82, 2.24) is 10.2 Å². The first kappa shape index (κ1) is 17.5. The Balaban J connectivity index is 1.39. The standard InChI is InChI=1S/C21H29N3O2/c25-20(14-15-12-16-8-9-17(13-15)22-16)23-19-7-3-2-6-18(19)21(26)24-10-4-1-5-11-24/h2-3,6-7,15-17,22H,1,4-5,8-14H2,(H,23,25). The van der Waals surface area contributed by atoms with Gasteiger partial charge in [0.05, 0.1) is 11.3 Å². The number of carbonyl (C=O) groups excluding carboxylic acids is 2. The minimum Gasteiger partial charge on any atom is -0.339 e. The molecule has 2 bridgehead atoms. The van der Waals surface area contributed by atoms with E-state index in [4.69, 9.17) is 0 Å². The van der Waals surface area contributed by atoms with Crippen molar-refractivity contribution in [2.24, 2.45) is 5.92 Å². The number of hydrogen-bond acceptors (Lipinski definition) is 3. The van der Waals surface area contributed by atoms with Crippen LogP contribution in [-0.2, 0) is 4.79 Å². The largest absolute Gasteiger partial charge is 0.339 e. The summed E-state index contributed by atoms with van der Waals surface area (Å²) in [6, 6.07) is 8.63. The lowest BCUT2D eigenvalue weighted by atomic mass is 9.89. The predicted molar refractivity (Wildman–Crippen MR) is 102 cm³/mol. The Hall–Kier alpha value is -1.88. The number of likely N-dealkylation sites (tertiary alicyclic amines) is 1. The van der Waals surface area contributed by atoms with E-state index in [1.54, 1.807) is 0 Å². The molecule has 3 aliphatic rings. The molecule has 140 valence electrons. The third kappa shape index (κ3) is 3.93. The fourth-order valence-corrected chi connectivity index (χ4v) is 4.85. The van der Waals surface area contributed by atoms with Gasteiger partial charge in [-0.15, -0.1) is 0 Å². The van der Waals surface area contributed by atoms with Crippen molar-refractivity contribution in [3.63, 3.8) is 0 Å². The molecule has 2 unspecified atom stereocenters. The smallest absolute Gasteiger partial charge is 0.255 e. The van der Waals surface area contributed by atoms with Crippen molar-refractivity contribution in [2.75, 3.05) is 18.4 Å². The Labute approximate surface area is 155 Å². The molecule has 3 aliphatic heterocycles. The quantitative estimate of drug-likeness (QED) is 0.872. The normalized spacial score (nSPS) is 28.0. The molecule has 0 aliphatic carbocycles. The number of nitrogens with one attached hydrogen (secondary N) is 2. The van der Waals surface area contributed by atoms with Gasteiger partial charge < -0.3 is 15.5 Å². The number of benzene rings is 1. The Morgan fingerprint density at radius 1 is 1.04 bits per heavy atom. The number of rotatable bonds is 4. The fraction of sp³-hybridized carbons (Fsp3) is 0.619. The SMILES string of the molecule is O=C(CC1CC2CCC(C1)N2)Nc1ccccc1C(=O)N1CCCCC1. The van der Waals surface area contributed by atoms with E-state index in [0.717, 1.165) is 38.8 Å². The highest BCUT2D eigenvalue weighted by Crippen LogP contribution is 2.33. The second-order valence-corrected chi connectivity index (χ2v) is 8.13. The van der Waals surface area contributed by atoms with Gasteiger partial charge in [-0.05, 0) is 63.0 Å². The monoisotopic (exact) mass is 355 g/mol. The summed E-state index contributed by atoms with van der Waals surface area (Å²) in [6.45, 7) is 1.64. The molecule has 0 saturated carbocycles. The topological polar surface area (TPSA) is 61.4 Å². The second kappa shape index (κ2) is 7.78. The van der Waals surface area contributed by atoms with Crippen molar-refractivity contribution < 1.29 is 9.59 Å². The molecule has 3 heterocycles. The zero-order valence-corrected chi connectivity index (χ0v) is 15.4. The van der Waals surface area contributed by atoms with E-state index in [1.807, 2.05) is 29.2 Å². The van der Waals surface area contributed by atoms with Gasteiger partial charge in [0.15, 0.2) is 0 Å². The van der Waals surface area contributed by atoms with Crippen molar-refractivity contribution >= 4 is 17.5 Å². The van der Waals surface area contributed by atoms with Gasteiger partial charge in [-0.25, -0.2) is 0 Å². The number of fused-ring (bicyclic) bond motifs is 2. The van der Waals surface area contributed by atoms with Crippen LogP contribution in [0.25, 0.3) is 0 Å². The van der Waals surface area contributed by atoms with Crippen LogP contribution in [0.1, 0.15) is 61.7 Å². The van der Waals surface area contributed by atoms with Gasteiger partial charge >= 0.3 is 0 Å². The number of anilines is 1. The Morgan fingerprint density at radius 3 is 2.46 bits per heavy atom. The maximum absolute atomic E-state index is 12.9. The summed E-state index contributed by atoms with van der Waals surface area (Å²) in [4.78, 5) is 27.4. The Bertz CT molecular complexity index is 657. The van der Waals surface area contributed by atoms with Gasteiger partial charge in [-0.2, -0.15) is 0 Å². The van der Waals surface area contributed by atoms with Crippen LogP contribution in [-0.4, -0.2) is 41.9 Å². The molecule has 3 fully saturated rings. The molecule has 0 aromatic heterocycles. The van der Waals surface area contributed by atoms with E-state index in [9.17, 15) is 9.59 Å². The molecule has 4 rings (SSSR count). The van der Waals surface area contributed by atoms with E-state index in [0.29, 0.717) is 35.7 Å². The van der Waals surface area contributed by atoms with Gasteiger partial charge in [-0.1, -0.05) is 12.1 Å². The number of hydrogen-bond donors (Lipinski definition) is 2. The lowest BCUT2D eigenvalue weighted by Crippen LogP contribution is -2.39. The summed E-state index contributed by atoms with van der Waals surface area (Å²) in [5.41, 5.74) is 1.28. The maximum Gasteiger partial charge on any atom is 0.255 e. The van der Waals surface area contributed by atoms with E-state index in [-0.39, 0.29) is 11.8 Å². The van der Waals surface area contributed by atoms with Crippen LogP contribution in [0, 0.1) is 5.92 Å². The molecule has 5 nitrogen and oxygen atoms in total. The highest BCUT2D eigenvalue weighted by atomic mass is 16.2. The minimum absolute atomic E-state index is 0.0372. The van der Waals surface area contributed by atoms with Crippen LogP contribution < -0.4 is 10.6 Å². The molecule has 26 heavy (non-hydrogen) atoms. The van der Waals surface area contributed by atoms with Gasteiger partial charge in [0, 0.05) is 31.6 Å². The molecule has 1 aromatic carbocycles. The molecule has 0 spiro atoms. The average molecular weight is 355 g/mol. The summed E-state index contributed by atoms with van der Waals surface area (Å²) in [5, 5.41) is 6.64. The number of carbonyl (C=O) groups is 2. The molecular weight excluding hydrogens is 326 g/mol. The molecule has 2 amide bonds. The molecule has 5 heteroatoms. The molecule has 0 radical (unpaired) electrons. The third-order valence-electron chi connectivity index (χ3n) is 6.12. The zero-order valence-electron chi connectivity index (χ0n) is 15.4. The first-order valence-corrected chi connectivity index (χ1v) is 10.1. The van der Waals surface area contributed by atoms with Gasteiger partial charge in [0.1, 0.15) is 0 Å². The lowest BCUT2D eigenvalue weighted by molar-refractivity contribution is -0.117. The number of amides is 2. The van der Waals surface area contributed by atoms with Crippen molar-refractivity contribution in [2.45, 2.75) is 63.5 Å². The lowest BCUT2D eigenvalue weighted by Gasteiger charge is -2.29. The second-order valence-electron chi connectivity index (χ2n) is 8.13. The van der Waals surface area contributed by atoms with Crippen LogP contribution in [0.15, 0.2) is 24.3 Å². The number of piperidine rings is 2. The first-order valence-electron chi connectivity index (χ1n) is 10.1. The summed E-state index contributed by atoms with van der Waals surface area (Å²) in [7, 11) is 0. The molecule has 3 saturated heterocycles. The van der Waals surface area contributed by atoms with E-state index < -0.39 is 0 Å². The highest BCUT2D eigenvalue weighted by Gasteiger charge is 2.34. The average Bonchev–Trinajstić information content (AvgIpc) is 3.00. The van der Waals surface area contributed by atoms with Crippen LogP contribution in [0.5, 0.6) is 0 Å². The fourth-order valence-electron chi connectivity index (χ4n) is 4.85. The molecular formula is C21H29N3O2. The van der Waals surface area contributed by atoms with Crippen LogP contribution in [0.3, 0.4) is 0 Å². The Kier molecular flexibility index (Phi) is 5.25. The summed E-state index contributed by atoms with van der Waals surface area (Å²) in [5.74, 6) is 0.536. The summed E-state index contributed by atoms with van der Waals surface area (Å²) < 4.78 is 0. The zero-order chi connectivity index (χ0) is 17.9. The van der Waals surface area contributed by atoms with Crippen LogP contribution in [0.2, 0.25) is 0 Å². The minimum atomic E-state index is 0.0372.